The van der Waals surface area contributed by atoms with Crippen molar-refractivity contribution >= 4 is 11.3 Å². The van der Waals surface area contributed by atoms with Crippen molar-refractivity contribution in [2.75, 3.05) is 26.2 Å². The molecule has 0 saturated carbocycles. The van der Waals surface area contributed by atoms with Gasteiger partial charge < -0.3 is 10.2 Å². The number of thiazole rings is 1. The maximum atomic E-state index is 4.07. The molecule has 1 aliphatic rings. The number of aromatic nitrogens is 1. The average Bonchev–Trinajstić information content (AvgIpc) is 2.90. The zero-order chi connectivity index (χ0) is 11.2. The average molecular weight is 239 g/mol. The van der Waals surface area contributed by atoms with E-state index in [2.05, 4.69) is 22.1 Å². The molecule has 1 saturated heterocycles. The number of hydrogen-bond acceptors (Lipinski definition) is 4. The third-order valence-corrected chi connectivity index (χ3v) is 3.82. The molecule has 0 amide bonds. The topological polar surface area (TPSA) is 28.2 Å². The predicted octanol–water partition coefficient (Wildman–Crippen LogP) is 1.96. The molecule has 0 spiro atoms. The van der Waals surface area contributed by atoms with Crippen LogP contribution < -0.4 is 5.32 Å². The van der Waals surface area contributed by atoms with Crippen molar-refractivity contribution in [1.82, 2.24) is 15.2 Å². The van der Waals surface area contributed by atoms with Crippen LogP contribution in [-0.2, 0) is 6.54 Å². The van der Waals surface area contributed by atoms with Crippen LogP contribution in [0.2, 0.25) is 0 Å². The molecular formula is C12H21N3S. The van der Waals surface area contributed by atoms with Gasteiger partial charge in [0.1, 0.15) is 0 Å². The van der Waals surface area contributed by atoms with Gasteiger partial charge in [0, 0.05) is 24.2 Å². The van der Waals surface area contributed by atoms with Gasteiger partial charge in [0.05, 0.1) is 5.51 Å². The van der Waals surface area contributed by atoms with Crippen LogP contribution in [0.3, 0.4) is 0 Å². The lowest BCUT2D eigenvalue weighted by atomic mass is 10.1. The van der Waals surface area contributed by atoms with Gasteiger partial charge in [-0.1, -0.05) is 6.92 Å². The van der Waals surface area contributed by atoms with Gasteiger partial charge in [0.15, 0.2) is 0 Å². The fraction of sp³-hybridized carbons (Fsp3) is 0.750. The molecule has 90 valence electrons. The summed E-state index contributed by atoms with van der Waals surface area (Å²) in [5, 5.41) is 3.51. The first-order chi connectivity index (χ1) is 7.84. The van der Waals surface area contributed by atoms with E-state index in [1.807, 2.05) is 11.7 Å². The molecule has 0 aromatic carbocycles. The van der Waals surface area contributed by atoms with Crippen LogP contribution in [0.15, 0.2) is 11.7 Å². The summed E-state index contributed by atoms with van der Waals surface area (Å²) >= 11 is 1.72. The predicted molar refractivity (Wildman–Crippen MR) is 68.7 cm³/mol. The Morgan fingerprint density at radius 2 is 2.31 bits per heavy atom. The Balaban J connectivity index is 1.58. The van der Waals surface area contributed by atoms with Crippen molar-refractivity contribution in [2.24, 2.45) is 5.92 Å². The quantitative estimate of drug-likeness (QED) is 0.822. The summed E-state index contributed by atoms with van der Waals surface area (Å²) in [4.78, 5) is 7.98. The molecule has 0 bridgehead atoms. The smallest absolute Gasteiger partial charge is 0.0794 e. The van der Waals surface area contributed by atoms with Crippen LogP contribution in [0.1, 0.15) is 24.6 Å². The van der Waals surface area contributed by atoms with Gasteiger partial charge in [-0.3, -0.25) is 4.98 Å². The van der Waals surface area contributed by atoms with Crippen molar-refractivity contribution in [3.63, 3.8) is 0 Å². The van der Waals surface area contributed by atoms with Gasteiger partial charge in [0.2, 0.25) is 0 Å². The first-order valence-corrected chi connectivity index (χ1v) is 7.03. The van der Waals surface area contributed by atoms with E-state index in [0.717, 1.165) is 19.0 Å². The first-order valence-electron chi connectivity index (χ1n) is 6.15. The molecule has 1 aliphatic heterocycles. The van der Waals surface area contributed by atoms with Crippen molar-refractivity contribution in [3.8, 4) is 0 Å². The molecule has 2 heterocycles. The summed E-state index contributed by atoms with van der Waals surface area (Å²) in [6.45, 7) is 8.26. The van der Waals surface area contributed by atoms with Crippen LogP contribution in [0, 0.1) is 5.92 Å². The van der Waals surface area contributed by atoms with Gasteiger partial charge >= 0.3 is 0 Å². The van der Waals surface area contributed by atoms with Gasteiger partial charge in [-0.15, -0.1) is 11.3 Å². The Hall–Kier alpha value is -0.450. The lowest BCUT2D eigenvalue weighted by Gasteiger charge is -2.20. The van der Waals surface area contributed by atoms with E-state index in [1.54, 1.807) is 11.3 Å². The second-order valence-electron chi connectivity index (χ2n) is 4.71. The fourth-order valence-corrected chi connectivity index (χ4v) is 2.81. The van der Waals surface area contributed by atoms with E-state index in [9.17, 15) is 0 Å². The van der Waals surface area contributed by atoms with Crippen molar-refractivity contribution in [1.29, 1.82) is 0 Å². The molecule has 1 aromatic heterocycles. The number of nitrogens with zero attached hydrogens (tertiary/aromatic N) is 2. The number of nitrogens with one attached hydrogen (secondary N) is 1. The summed E-state index contributed by atoms with van der Waals surface area (Å²) in [5.74, 6) is 0.742. The van der Waals surface area contributed by atoms with Crippen molar-refractivity contribution in [2.45, 2.75) is 26.3 Å². The molecule has 3 nitrogen and oxygen atoms in total. The molecular weight excluding hydrogens is 218 g/mol. The maximum Gasteiger partial charge on any atom is 0.0794 e. The molecule has 4 heteroatoms. The monoisotopic (exact) mass is 239 g/mol. The zero-order valence-corrected chi connectivity index (χ0v) is 10.8. The third kappa shape index (κ3) is 3.85. The largest absolute Gasteiger partial charge is 0.311 e. The van der Waals surface area contributed by atoms with Crippen LogP contribution in [0.25, 0.3) is 0 Å². The minimum atomic E-state index is 0.742. The van der Waals surface area contributed by atoms with Crippen LogP contribution in [0.4, 0.5) is 0 Å². The SMILES string of the molecule is CC(CNCc1cncs1)CN1CCCC1. The van der Waals surface area contributed by atoms with Crippen LogP contribution in [0.5, 0.6) is 0 Å². The van der Waals surface area contributed by atoms with Gasteiger partial charge in [-0.2, -0.15) is 0 Å². The van der Waals surface area contributed by atoms with E-state index in [-0.39, 0.29) is 0 Å². The van der Waals surface area contributed by atoms with E-state index < -0.39 is 0 Å². The Labute approximate surface area is 102 Å². The lowest BCUT2D eigenvalue weighted by Crippen LogP contribution is -2.31. The maximum absolute atomic E-state index is 4.07. The Morgan fingerprint density at radius 3 is 3.00 bits per heavy atom. The zero-order valence-electron chi connectivity index (χ0n) is 9.98. The summed E-state index contributed by atoms with van der Waals surface area (Å²) in [6.07, 6.45) is 4.73. The van der Waals surface area contributed by atoms with E-state index >= 15 is 0 Å². The molecule has 0 radical (unpaired) electrons. The number of hydrogen-bond donors (Lipinski definition) is 1. The normalized spacial score (nSPS) is 19.1. The second kappa shape index (κ2) is 6.33. The first kappa shape index (κ1) is 12.0. The standard InChI is InChI=1S/C12H21N3S/c1-11(9-15-4-2-3-5-15)6-13-7-12-8-14-10-16-12/h8,10-11,13H,2-7,9H2,1H3. The fourth-order valence-electron chi connectivity index (χ4n) is 2.24. The van der Waals surface area contributed by atoms with E-state index in [4.69, 9.17) is 0 Å². The molecule has 1 aromatic rings. The number of rotatable bonds is 6. The highest BCUT2D eigenvalue weighted by molar-refractivity contribution is 7.09. The lowest BCUT2D eigenvalue weighted by molar-refractivity contribution is 0.283. The molecule has 1 fully saturated rings. The minimum absolute atomic E-state index is 0.742. The van der Waals surface area contributed by atoms with Crippen LogP contribution >= 0.6 is 11.3 Å². The number of likely N-dealkylation sites (tertiary alicyclic amines) is 1. The molecule has 1 unspecified atom stereocenters. The third-order valence-electron chi connectivity index (χ3n) is 3.04. The molecule has 2 rings (SSSR count). The van der Waals surface area contributed by atoms with Crippen LogP contribution in [-0.4, -0.2) is 36.1 Å². The van der Waals surface area contributed by atoms with Crippen molar-refractivity contribution < 1.29 is 0 Å². The summed E-state index contributed by atoms with van der Waals surface area (Å²) in [7, 11) is 0. The summed E-state index contributed by atoms with van der Waals surface area (Å²) in [5.41, 5.74) is 1.89. The molecule has 1 N–H and O–H groups in total. The minimum Gasteiger partial charge on any atom is -0.311 e. The van der Waals surface area contributed by atoms with Gasteiger partial charge in [-0.25, -0.2) is 0 Å². The van der Waals surface area contributed by atoms with E-state index in [0.29, 0.717) is 0 Å². The Morgan fingerprint density at radius 1 is 1.50 bits per heavy atom. The van der Waals surface area contributed by atoms with Gasteiger partial charge in [0.25, 0.3) is 0 Å². The molecule has 1 atom stereocenters. The summed E-state index contributed by atoms with van der Waals surface area (Å²) in [6, 6.07) is 0. The highest BCUT2D eigenvalue weighted by Crippen LogP contribution is 2.10. The van der Waals surface area contributed by atoms with Crippen molar-refractivity contribution in [3.05, 3.63) is 16.6 Å². The summed E-state index contributed by atoms with van der Waals surface area (Å²) < 4.78 is 0. The molecule has 0 aliphatic carbocycles. The van der Waals surface area contributed by atoms with Gasteiger partial charge in [-0.05, 0) is 38.4 Å². The second-order valence-corrected chi connectivity index (χ2v) is 5.68. The highest BCUT2D eigenvalue weighted by Gasteiger charge is 2.14. The Kier molecular flexibility index (Phi) is 4.75. The Bertz CT molecular complexity index is 280. The highest BCUT2D eigenvalue weighted by atomic mass is 32.1. The van der Waals surface area contributed by atoms with E-state index in [1.165, 1.54) is 37.4 Å². The molecule has 16 heavy (non-hydrogen) atoms.